The molecule has 1 aromatic carbocycles. The molecule has 1 saturated heterocycles. The van der Waals surface area contributed by atoms with Gasteiger partial charge in [-0.1, -0.05) is 12.1 Å². The first kappa shape index (κ1) is 12.9. The van der Waals surface area contributed by atoms with Crippen LogP contribution in [0.2, 0.25) is 0 Å². The van der Waals surface area contributed by atoms with Crippen LogP contribution < -0.4 is 5.73 Å². The quantitative estimate of drug-likeness (QED) is 0.804. The van der Waals surface area contributed by atoms with Crippen molar-refractivity contribution in [3.63, 3.8) is 0 Å². The first-order chi connectivity index (χ1) is 8.59. The van der Waals surface area contributed by atoms with Crippen LogP contribution >= 0.6 is 0 Å². The van der Waals surface area contributed by atoms with Gasteiger partial charge in [-0.05, 0) is 38.6 Å². The van der Waals surface area contributed by atoms with Crippen LogP contribution in [0.1, 0.15) is 23.2 Å². The van der Waals surface area contributed by atoms with Crippen molar-refractivity contribution in [2.75, 3.05) is 32.9 Å². The molecule has 0 radical (unpaired) electrons. The molecule has 0 aromatic heterocycles. The van der Waals surface area contributed by atoms with E-state index in [1.807, 2.05) is 24.1 Å². The van der Waals surface area contributed by atoms with Gasteiger partial charge in [-0.2, -0.15) is 0 Å². The lowest BCUT2D eigenvalue weighted by atomic mass is 10.0. The number of amides is 1. The van der Waals surface area contributed by atoms with Crippen LogP contribution in [-0.2, 0) is 0 Å². The normalized spacial score (nSPS) is 20.7. The van der Waals surface area contributed by atoms with Gasteiger partial charge >= 0.3 is 0 Å². The van der Waals surface area contributed by atoms with Gasteiger partial charge in [-0.25, -0.2) is 0 Å². The summed E-state index contributed by atoms with van der Waals surface area (Å²) in [5.74, 6) is 0.0217. The number of benzene rings is 1. The maximum absolute atomic E-state index is 12.4. The van der Waals surface area contributed by atoms with Gasteiger partial charge in [0, 0.05) is 25.3 Å². The summed E-state index contributed by atoms with van der Waals surface area (Å²) in [5, 5.41) is 0. The van der Waals surface area contributed by atoms with E-state index in [-0.39, 0.29) is 11.9 Å². The molecule has 2 rings (SSSR count). The van der Waals surface area contributed by atoms with Crippen LogP contribution in [0, 0.1) is 0 Å². The number of likely N-dealkylation sites (N-methyl/N-ethyl adjacent to an activating group) is 2. The minimum atomic E-state index is 0.0217. The largest absolute Gasteiger partial charge is 0.398 e. The van der Waals surface area contributed by atoms with Crippen LogP contribution in [0.3, 0.4) is 0 Å². The molecular formula is C14H21N3O. The minimum Gasteiger partial charge on any atom is -0.398 e. The molecule has 0 saturated carbocycles. The number of rotatable bonds is 2. The van der Waals surface area contributed by atoms with E-state index >= 15 is 0 Å². The van der Waals surface area contributed by atoms with Gasteiger partial charge < -0.3 is 15.5 Å². The summed E-state index contributed by atoms with van der Waals surface area (Å²) in [6.07, 6.45) is 2.21. The van der Waals surface area contributed by atoms with E-state index < -0.39 is 0 Å². The van der Waals surface area contributed by atoms with Gasteiger partial charge in [0.2, 0.25) is 0 Å². The molecule has 1 amide bonds. The summed E-state index contributed by atoms with van der Waals surface area (Å²) in [7, 11) is 3.97. The van der Waals surface area contributed by atoms with E-state index in [1.165, 1.54) is 0 Å². The Morgan fingerprint density at radius 1 is 1.44 bits per heavy atom. The monoisotopic (exact) mass is 247 g/mol. The summed E-state index contributed by atoms with van der Waals surface area (Å²) in [4.78, 5) is 16.5. The van der Waals surface area contributed by atoms with Crippen molar-refractivity contribution in [3.8, 4) is 0 Å². The third-order valence-corrected chi connectivity index (χ3v) is 3.66. The van der Waals surface area contributed by atoms with Crippen molar-refractivity contribution in [2.24, 2.45) is 0 Å². The predicted octanol–water partition coefficient (Wildman–Crippen LogP) is 1.43. The molecule has 0 spiro atoms. The zero-order valence-corrected chi connectivity index (χ0v) is 11.1. The highest BCUT2D eigenvalue weighted by Gasteiger charge is 2.25. The molecule has 2 N–H and O–H groups in total. The Labute approximate surface area is 108 Å². The van der Waals surface area contributed by atoms with E-state index in [0.29, 0.717) is 11.3 Å². The Balaban J connectivity index is 2.11. The van der Waals surface area contributed by atoms with Gasteiger partial charge in [-0.15, -0.1) is 0 Å². The lowest BCUT2D eigenvalue weighted by Gasteiger charge is -2.36. The Hall–Kier alpha value is -1.55. The zero-order valence-electron chi connectivity index (χ0n) is 11.1. The van der Waals surface area contributed by atoms with Gasteiger partial charge in [0.25, 0.3) is 5.91 Å². The molecule has 4 nitrogen and oxygen atoms in total. The van der Waals surface area contributed by atoms with Crippen molar-refractivity contribution in [1.82, 2.24) is 9.80 Å². The second kappa shape index (κ2) is 5.40. The fourth-order valence-electron chi connectivity index (χ4n) is 2.50. The molecular weight excluding hydrogens is 226 g/mol. The van der Waals surface area contributed by atoms with E-state index in [4.69, 9.17) is 5.73 Å². The Morgan fingerprint density at radius 2 is 2.17 bits per heavy atom. The summed E-state index contributed by atoms with van der Waals surface area (Å²) >= 11 is 0. The number of likely N-dealkylation sites (tertiary alicyclic amines) is 1. The van der Waals surface area contributed by atoms with Crippen molar-refractivity contribution in [2.45, 2.75) is 18.9 Å². The fourth-order valence-corrected chi connectivity index (χ4v) is 2.50. The number of hydrogen-bond acceptors (Lipinski definition) is 3. The van der Waals surface area contributed by atoms with E-state index in [2.05, 4.69) is 11.9 Å². The number of hydrogen-bond donors (Lipinski definition) is 1. The number of nitrogens with zero attached hydrogens (tertiary/aromatic N) is 2. The molecule has 1 aromatic rings. The molecule has 0 aliphatic carbocycles. The number of para-hydroxylation sites is 1. The standard InChI is InChI=1S/C14H21N3O/c1-16-9-5-6-11(10-16)17(2)14(18)12-7-3-4-8-13(12)15/h3-4,7-8,11H,5-6,9-10,15H2,1-2H3. The van der Waals surface area contributed by atoms with Gasteiger partial charge in [0.15, 0.2) is 0 Å². The summed E-state index contributed by atoms with van der Waals surface area (Å²) in [5.41, 5.74) is 7.02. The summed E-state index contributed by atoms with van der Waals surface area (Å²) < 4.78 is 0. The highest BCUT2D eigenvalue weighted by atomic mass is 16.2. The SMILES string of the molecule is CN1CCCC(N(C)C(=O)c2ccccc2N)C1. The second-order valence-corrected chi connectivity index (χ2v) is 5.06. The first-order valence-electron chi connectivity index (χ1n) is 6.40. The summed E-state index contributed by atoms with van der Waals surface area (Å²) in [6.45, 7) is 2.06. The Kier molecular flexibility index (Phi) is 3.87. The Morgan fingerprint density at radius 3 is 2.83 bits per heavy atom. The van der Waals surface area contributed by atoms with Crippen LogP contribution in [0.25, 0.3) is 0 Å². The van der Waals surface area contributed by atoms with Gasteiger partial charge in [0.1, 0.15) is 0 Å². The van der Waals surface area contributed by atoms with Gasteiger partial charge in [0.05, 0.1) is 5.56 Å². The second-order valence-electron chi connectivity index (χ2n) is 5.06. The lowest BCUT2D eigenvalue weighted by molar-refractivity contribution is 0.0645. The maximum atomic E-state index is 12.4. The van der Waals surface area contributed by atoms with Crippen LogP contribution in [0.4, 0.5) is 5.69 Å². The topological polar surface area (TPSA) is 49.6 Å². The first-order valence-corrected chi connectivity index (χ1v) is 6.40. The molecule has 1 unspecified atom stereocenters. The average molecular weight is 247 g/mol. The number of piperidine rings is 1. The number of nitrogen functional groups attached to an aromatic ring is 1. The van der Waals surface area contributed by atoms with Crippen molar-refractivity contribution in [1.29, 1.82) is 0 Å². The van der Waals surface area contributed by atoms with Crippen LogP contribution in [0.15, 0.2) is 24.3 Å². The van der Waals surface area contributed by atoms with E-state index in [0.717, 1.165) is 25.9 Å². The molecule has 4 heteroatoms. The molecule has 1 aliphatic rings. The smallest absolute Gasteiger partial charge is 0.255 e. The molecule has 0 bridgehead atoms. The molecule has 18 heavy (non-hydrogen) atoms. The predicted molar refractivity (Wildman–Crippen MR) is 73.5 cm³/mol. The number of anilines is 1. The summed E-state index contributed by atoms with van der Waals surface area (Å²) in [6, 6.07) is 7.55. The molecule has 1 atom stereocenters. The molecule has 1 fully saturated rings. The van der Waals surface area contributed by atoms with Crippen LogP contribution in [-0.4, -0.2) is 48.9 Å². The maximum Gasteiger partial charge on any atom is 0.255 e. The average Bonchev–Trinajstić information content (AvgIpc) is 2.37. The molecule has 1 heterocycles. The zero-order chi connectivity index (χ0) is 13.1. The third-order valence-electron chi connectivity index (χ3n) is 3.66. The lowest BCUT2D eigenvalue weighted by Crippen LogP contribution is -2.47. The van der Waals surface area contributed by atoms with Crippen molar-refractivity contribution >= 4 is 11.6 Å². The molecule has 1 aliphatic heterocycles. The molecule has 98 valence electrons. The van der Waals surface area contributed by atoms with Crippen LogP contribution in [0.5, 0.6) is 0 Å². The van der Waals surface area contributed by atoms with Crippen molar-refractivity contribution in [3.05, 3.63) is 29.8 Å². The fraction of sp³-hybridized carbons (Fsp3) is 0.500. The van der Waals surface area contributed by atoms with Crippen molar-refractivity contribution < 1.29 is 4.79 Å². The highest BCUT2D eigenvalue weighted by Crippen LogP contribution is 2.18. The third kappa shape index (κ3) is 2.64. The van der Waals surface area contributed by atoms with E-state index in [1.54, 1.807) is 12.1 Å². The Bertz CT molecular complexity index is 433. The minimum absolute atomic E-state index is 0.0217. The van der Waals surface area contributed by atoms with E-state index in [9.17, 15) is 4.79 Å². The number of carbonyl (C=O) groups is 1. The number of carbonyl (C=O) groups excluding carboxylic acids is 1. The highest BCUT2D eigenvalue weighted by molar-refractivity contribution is 5.99. The number of nitrogens with two attached hydrogens (primary N) is 1. The van der Waals surface area contributed by atoms with Gasteiger partial charge in [-0.3, -0.25) is 4.79 Å².